The Bertz CT molecular complexity index is 434. The minimum absolute atomic E-state index is 0.0277. The lowest BCUT2D eigenvalue weighted by atomic mass is 10.1. The van der Waals surface area contributed by atoms with Gasteiger partial charge in [-0.2, -0.15) is 13.2 Å². The van der Waals surface area contributed by atoms with E-state index in [1.807, 2.05) is 0 Å². The maximum absolute atomic E-state index is 12.6. The molecular formula is C8H4Br2F3NO2. The molecule has 3 nitrogen and oxygen atoms in total. The smallest absolute Gasteiger partial charge is 0.258 e. The van der Waals surface area contributed by atoms with Crippen molar-refractivity contribution in [1.82, 2.24) is 0 Å². The Balaban J connectivity index is 3.56. The first-order chi connectivity index (χ1) is 7.29. The molecule has 1 aromatic rings. The van der Waals surface area contributed by atoms with Crippen LogP contribution in [0.3, 0.4) is 0 Å². The number of nitro groups is 1. The highest BCUT2D eigenvalue weighted by molar-refractivity contribution is 9.10. The van der Waals surface area contributed by atoms with Crippen LogP contribution in [-0.4, -0.2) is 4.92 Å². The Kier molecular flexibility index (Phi) is 3.95. The number of alkyl halides is 4. The second-order valence-corrected chi connectivity index (χ2v) is 4.23. The van der Waals surface area contributed by atoms with Crippen LogP contribution in [0.25, 0.3) is 0 Å². The summed E-state index contributed by atoms with van der Waals surface area (Å²) in [5.74, 6) is 0. The third-order valence-electron chi connectivity index (χ3n) is 1.86. The standard InChI is InChI=1S/C8H4Br2F3NO2/c9-3-4-5(8(11,12)13)1-2-6(10)7(4)14(15)16/h1-2H,3H2. The SMILES string of the molecule is O=[N+]([O-])c1c(Br)ccc(C(F)(F)F)c1CBr. The maximum Gasteiger partial charge on any atom is 0.416 e. The van der Waals surface area contributed by atoms with Crippen LogP contribution in [0.1, 0.15) is 11.1 Å². The van der Waals surface area contributed by atoms with E-state index in [1.165, 1.54) is 0 Å². The molecule has 0 aromatic heterocycles. The highest BCUT2D eigenvalue weighted by Crippen LogP contribution is 2.40. The molecular weight excluding hydrogens is 359 g/mol. The summed E-state index contributed by atoms with van der Waals surface area (Å²) < 4.78 is 37.7. The van der Waals surface area contributed by atoms with Gasteiger partial charge in [-0.25, -0.2) is 0 Å². The van der Waals surface area contributed by atoms with Crippen molar-refractivity contribution in [3.8, 4) is 0 Å². The second kappa shape index (κ2) is 4.70. The molecule has 8 heteroatoms. The van der Waals surface area contributed by atoms with Crippen molar-refractivity contribution in [3.05, 3.63) is 37.8 Å². The highest BCUT2D eigenvalue weighted by atomic mass is 79.9. The van der Waals surface area contributed by atoms with Crippen LogP contribution in [0.5, 0.6) is 0 Å². The number of halogens is 5. The summed E-state index contributed by atoms with van der Waals surface area (Å²) in [6, 6.07) is 1.83. The van der Waals surface area contributed by atoms with Gasteiger partial charge in [0.15, 0.2) is 0 Å². The van der Waals surface area contributed by atoms with Crippen LogP contribution < -0.4 is 0 Å². The predicted octanol–water partition coefficient (Wildman–Crippen LogP) is 4.27. The molecule has 0 saturated carbocycles. The summed E-state index contributed by atoms with van der Waals surface area (Å²) in [5.41, 5.74) is -1.95. The van der Waals surface area contributed by atoms with Gasteiger partial charge in [0.25, 0.3) is 5.69 Å². The Morgan fingerprint density at radius 2 is 1.94 bits per heavy atom. The van der Waals surface area contributed by atoms with E-state index in [2.05, 4.69) is 31.9 Å². The molecule has 0 saturated heterocycles. The number of nitro benzene ring substituents is 1. The quantitative estimate of drug-likeness (QED) is 0.448. The van der Waals surface area contributed by atoms with Crippen molar-refractivity contribution in [3.63, 3.8) is 0 Å². The van der Waals surface area contributed by atoms with E-state index in [9.17, 15) is 23.3 Å². The first-order valence-electron chi connectivity index (χ1n) is 3.88. The minimum Gasteiger partial charge on any atom is -0.258 e. The fourth-order valence-electron chi connectivity index (χ4n) is 1.21. The first-order valence-corrected chi connectivity index (χ1v) is 5.79. The average molecular weight is 363 g/mol. The van der Waals surface area contributed by atoms with Crippen LogP contribution >= 0.6 is 31.9 Å². The summed E-state index contributed by atoms with van der Waals surface area (Å²) in [4.78, 5) is 9.83. The van der Waals surface area contributed by atoms with E-state index >= 15 is 0 Å². The van der Waals surface area contributed by atoms with Crippen LogP contribution in [0.15, 0.2) is 16.6 Å². The molecule has 0 atom stereocenters. The Hall–Kier alpha value is -0.630. The van der Waals surface area contributed by atoms with Crippen LogP contribution in [0.2, 0.25) is 0 Å². The van der Waals surface area contributed by atoms with E-state index < -0.39 is 22.4 Å². The highest BCUT2D eigenvalue weighted by Gasteiger charge is 2.37. The van der Waals surface area contributed by atoms with Gasteiger partial charge in [-0.15, -0.1) is 0 Å². The van der Waals surface area contributed by atoms with Crippen LogP contribution in [0.4, 0.5) is 18.9 Å². The summed E-state index contributed by atoms with van der Waals surface area (Å²) in [7, 11) is 0. The average Bonchev–Trinajstić information content (AvgIpc) is 2.14. The number of hydrogen-bond donors (Lipinski definition) is 0. The molecule has 0 amide bonds. The zero-order valence-corrected chi connectivity index (χ0v) is 10.7. The fourth-order valence-corrected chi connectivity index (χ4v) is 2.29. The molecule has 1 aromatic carbocycles. The molecule has 16 heavy (non-hydrogen) atoms. The van der Waals surface area contributed by atoms with Gasteiger partial charge in [-0.05, 0) is 28.1 Å². The summed E-state index contributed by atoms with van der Waals surface area (Å²) in [5, 5.41) is 10.4. The molecule has 1 rings (SSSR count). The van der Waals surface area contributed by atoms with Crippen molar-refractivity contribution >= 4 is 37.5 Å². The van der Waals surface area contributed by atoms with E-state index in [4.69, 9.17) is 0 Å². The lowest BCUT2D eigenvalue weighted by Gasteiger charge is -2.11. The summed E-state index contributed by atoms with van der Waals surface area (Å²) in [6.45, 7) is 0. The minimum atomic E-state index is -4.60. The van der Waals surface area contributed by atoms with Crippen molar-refractivity contribution in [2.45, 2.75) is 11.5 Å². The van der Waals surface area contributed by atoms with Crippen molar-refractivity contribution < 1.29 is 18.1 Å². The van der Waals surface area contributed by atoms with Crippen molar-refractivity contribution in [2.75, 3.05) is 0 Å². The molecule has 0 radical (unpaired) electrons. The van der Waals surface area contributed by atoms with Crippen LogP contribution in [0, 0.1) is 10.1 Å². The van der Waals surface area contributed by atoms with E-state index in [-0.39, 0.29) is 15.4 Å². The van der Waals surface area contributed by atoms with Gasteiger partial charge in [0.05, 0.1) is 20.5 Å². The molecule has 0 aliphatic carbocycles. The number of nitrogens with zero attached hydrogens (tertiary/aromatic N) is 1. The predicted molar refractivity (Wildman–Crippen MR) is 58.4 cm³/mol. The second-order valence-electron chi connectivity index (χ2n) is 2.81. The van der Waals surface area contributed by atoms with Gasteiger partial charge in [-0.1, -0.05) is 15.9 Å². The first kappa shape index (κ1) is 13.4. The Labute approximate surface area is 105 Å². The molecule has 0 bridgehead atoms. The monoisotopic (exact) mass is 361 g/mol. The van der Waals surface area contributed by atoms with Crippen LogP contribution in [-0.2, 0) is 11.5 Å². The van der Waals surface area contributed by atoms with Gasteiger partial charge in [0.2, 0.25) is 0 Å². The number of rotatable bonds is 2. The lowest BCUT2D eigenvalue weighted by Crippen LogP contribution is -2.10. The zero-order valence-electron chi connectivity index (χ0n) is 7.52. The Morgan fingerprint density at radius 3 is 2.31 bits per heavy atom. The largest absolute Gasteiger partial charge is 0.416 e. The van der Waals surface area contributed by atoms with E-state index in [1.54, 1.807) is 0 Å². The molecule has 0 aliphatic heterocycles. The molecule has 0 unspecified atom stereocenters. The van der Waals surface area contributed by atoms with Gasteiger partial charge < -0.3 is 0 Å². The van der Waals surface area contributed by atoms with Gasteiger partial charge in [-0.3, -0.25) is 10.1 Å². The molecule has 88 valence electrons. The molecule has 0 heterocycles. The topological polar surface area (TPSA) is 43.1 Å². The summed E-state index contributed by atoms with van der Waals surface area (Å²) >= 11 is 5.69. The molecule has 0 fully saturated rings. The van der Waals surface area contributed by atoms with E-state index in [0.717, 1.165) is 12.1 Å². The van der Waals surface area contributed by atoms with Gasteiger partial charge >= 0.3 is 6.18 Å². The lowest BCUT2D eigenvalue weighted by molar-refractivity contribution is -0.386. The number of hydrogen-bond acceptors (Lipinski definition) is 2. The van der Waals surface area contributed by atoms with E-state index in [0.29, 0.717) is 0 Å². The summed E-state index contributed by atoms with van der Waals surface area (Å²) in [6.07, 6.45) is -4.60. The third-order valence-corrected chi connectivity index (χ3v) is 3.06. The number of benzene rings is 1. The molecule has 0 aliphatic rings. The Morgan fingerprint density at radius 1 is 1.38 bits per heavy atom. The molecule has 0 N–H and O–H groups in total. The van der Waals surface area contributed by atoms with Crippen molar-refractivity contribution in [1.29, 1.82) is 0 Å². The third kappa shape index (κ3) is 2.54. The zero-order chi connectivity index (χ0) is 12.5. The van der Waals surface area contributed by atoms with Gasteiger partial charge in [0, 0.05) is 5.33 Å². The fraction of sp³-hybridized carbons (Fsp3) is 0.250. The van der Waals surface area contributed by atoms with Gasteiger partial charge in [0.1, 0.15) is 0 Å². The van der Waals surface area contributed by atoms with Crippen molar-refractivity contribution in [2.24, 2.45) is 0 Å². The molecule has 0 spiro atoms. The normalized spacial score (nSPS) is 11.6. The maximum atomic E-state index is 12.6.